The molecule has 0 saturated heterocycles. The van der Waals surface area contributed by atoms with Gasteiger partial charge >= 0.3 is 0 Å². The van der Waals surface area contributed by atoms with Crippen molar-refractivity contribution in [2.75, 3.05) is 0 Å². The monoisotopic (exact) mass is 506 g/mol. The largest absolute Gasteiger partial charge is 0.0616 e. The van der Waals surface area contributed by atoms with Crippen LogP contribution in [0.5, 0.6) is 0 Å². The number of halogens is 2. The van der Waals surface area contributed by atoms with E-state index in [1.165, 1.54) is 39.8 Å². The Morgan fingerprint density at radius 3 is 1.36 bits per heavy atom. The van der Waals surface area contributed by atoms with Crippen molar-refractivity contribution in [2.24, 2.45) is 0 Å². The highest BCUT2D eigenvalue weighted by Gasteiger charge is 2.10. The maximum Gasteiger partial charge on any atom is 0.0142 e. The molecular weight excluding hydrogens is 494 g/mol. The molecule has 0 unspecified atom stereocenters. The maximum absolute atomic E-state index is 2.41. The number of hydrogen-bond donors (Lipinski definition) is 0. The average Bonchev–Trinajstić information content (AvgIpc) is 2.53. The van der Waals surface area contributed by atoms with Gasteiger partial charge in [0.1, 0.15) is 0 Å². The molecule has 0 aromatic heterocycles. The second kappa shape index (κ2) is 5.81. The molecule has 0 heterocycles. The standard InChI is InChI=1S/C20H12I2/c21-15-9-13-5-1-3-7-17(13)19(11-15)20-12-16(22)10-14-6-2-4-8-18(14)20/h1-12H. The van der Waals surface area contributed by atoms with Gasteiger partial charge < -0.3 is 0 Å². The van der Waals surface area contributed by atoms with Crippen molar-refractivity contribution >= 4 is 66.7 Å². The van der Waals surface area contributed by atoms with E-state index in [-0.39, 0.29) is 0 Å². The maximum atomic E-state index is 2.41. The van der Waals surface area contributed by atoms with Crippen LogP contribution in [-0.4, -0.2) is 0 Å². The van der Waals surface area contributed by atoms with Gasteiger partial charge in [-0.15, -0.1) is 0 Å². The van der Waals surface area contributed by atoms with E-state index >= 15 is 0 Å². The third kappa shape index (κ3) is 2.52. The van der Waals surface area contributed by atoms with E-state index in [0.29, 0.717) is 0 Å². The average molecular weight is 506 g/mol. The van der Waals surface area contributed by atoms with Crippen molar-refractivity contribution in [2.45, 2.75) is 0 Å². The molecule has 0 nitrogen and oxygen atoms in total. The molecule has 22 heavy (non-hydrogen) atoms. The van der Waals surface area contributed by atoms with Crippen LogP contribution in [0.4, 0.5) is 0 Å². The summed E-state index contributed by atoms with van der Waals surface area (Å²) < 4.78 is 2.54. The van der Waals surface area contributed by atoms with Crippen LogP contribution >= 0.6 is 45.2 Å². The second-order valence-electron chi connectivity index (χ2n) is 5.35. The summed E-state index contributed by atoms with van der Waals surface area (Å²) in [5.41, 5.74) is 2.63. The first-order chi connectivity index (χ1) is 10.7. The molecule has 0 atom stereocenters. The molecule has 4 rings (SSSR count). The minimum atomic E-state index is 1.27. The molecule has 0 aliphatic rings. The van der Waals surface area contributed by atoms with Crippen molar-refractivity contribution in [3.8, 4) is 11.1 Å². The van der Waals surface area contributed by atoms with E-state index in [4.69, 9.17) is 0 Å². The van der Waals surface area contributed by atoms with Gasteiger partial charge in [0.05, 0.1) is 0 Å². The quantitative estimate of drug-likeness (QED) is 0.248. The van der Waals surface area contributed by atoms with Crippen LogP contribution in [0, 0.1) is 7.14 Å². The molecule has 0 saturated carbocycles. The summed E-state index contributed by atoms with van der Waals surface area (Å²) in [6.07, 6.45) is 0. The molecule has 0 aliphatic carbocycles. The Bertz CT molecular complexity index is 920. The Hall–Kier alpha value is -1.14. The number of rotatable bonds is 1. The molecule has 2 heteroatoms. The summed E-state index contributed by atoms with van der Waals surface area (Å²) in [5.74, 6) is 0. The normalized spacial score (nSPS) is 11.2. The summed E-state index contributed by atoms with van der Waals surface area (Å²) in [5, 5.41) is 5.23. The Kier molecular flexibility index (Phi) is 3.82. The van der Waals surface area contributed by atoms with E-state index in [9.17, 15) is 0 Å². The van der Waals surface area contributed by atoms with Crippen LogP contribution in [-0.2, 0) is 0 Å². The van der Waals surface area contributed by atoms with Crippen molar-refractivity contribution in [1.82, 2.24) is 0 Å². The van der Waals surface area contributed by atoms with Gasteiger partial charge in [-0.05, 0) is 102 Å². The lowest BCUT2D eigenvalue weighted by molar-refractivity contribution is 1.63. The summed E-state index contributed by atoms with van der Waals surface area (Å²) in [6.45, 7) is 0. The molecular formula is C20H12I2. The van der Waals surface area contributed by atoms with Gasteiger partial charge in [0, 0.05) is 7.14 Å². The molecule has 106 valence electrons. The molecule has 0 amide bonds. The van der Waals surface area contributed by atoms with Crippen LogP contribution in [0.25, 0.3) is 32.7 Å². The SMILES string of the molecule is Ic1cc(-c2cc(I)cc3ccccc23)c2ccccc2c1. The smallest absolute Gasteiger partial charge is 0.0142 e. The highest BCUT2D eigenvalue weighted by atomic mass is 127. The molecule has 0 aliphatic heterocycles. The lowest BCUT2D eigenvalue weighted by Gasteiger charge is -2.12. The lowest BCUT2D eigenvalue weighted by Crippen LogP contribution is -1.87. The van der Waals surface area contributed by atoms with Crippen LogP contribution in [0.3, 0.4) is 0 Å². The Morgan fingerprint density at radius 2 is 0.909 bits per heavy atom. The van der Waals surface area contributed by atoms with E-state index in [1.807, 2.05) is 0 Å². The zero-order chi connectivity index (χ0) is 15.1. The summed E-state index contributed by atoms with van der Waals surface area (Å²) in [7, 11) is 0. The molecule has 0 bridgehead atoms. The van der Waals surface area contributed by atoms with Gasteiger partial charge in [0.2, 0.25) is 0 Å². The van der Waals surface area contributed by atoms with Gasteiger partial charge in [0.25, 0.3) is 0 Å². The molecule has 0 spiro atoms. The molecule has 0 N–H and O–H groups in total. The van der Waals surface area contributed by atoms with E-state index in [0.717, 1.165) is 0 Å². The Balaban J connectivity index is 2.16. The fraction of sp³-hybridized carbons (Fsp3) is 0. The van der Waals surface area contributed by atoms with Gasteiger partial charge in [-0.3, -0.25) is 0 Å². The predicted octanol–water partition coefficient (Wildman–Crippen LogP) is 6.87. The van der Waals surface area contributed by atoms with Crippen LogP contribution in [0.1, 0.15) is 0 Å². The van der Waals surface area contributed by atoms with Crippen molar-refractivity contribution < 1.29 is 0 Å². The Morgan fingerprint density at radius 1 is 0.500 bits per heavy atom. The summed E-state index contributed by atoms with van der Waals surface area (Å²) in [4.78, 5) is 0. The van der Waals surface area contributed by atoms with Crippen molar-refractivity contribution in [3.63, 3.8) is 0 Å². The van der Waals surface area contributed by atoms with E-state index in [2.05, 4.69) is 118 Å². The van der Waals surface area contributed by atoms with E-state index < -0.39 is 0 Å². The highest BCUT2D eigenvalue weighted by molar-refractivity contribution is 14.1. The van der Waals surface area contributed by atoms with Crippen molar-refractivity contribution in [1.29, 1.82) is 0 Å². The first-order valence-electron chi connectivity index (χ1n) is 7.09. The first kappa shape index (κ1) is 14.5. The lowest BCUT2D eigenvalue weighted by atomic mass is 9.94. The zero-order valence-electron chi connectivity index (χ0n) is 11.7. The molecule has 0 fully saturated rings. The third-order valence-corrected chi connectivity index (χ3v) is 5.19. The molecule has 0 radical (unpaired) electrons. The summed E-state index contributed by atoms with van der Waals surface area (Å²) >= 11 is 4.82. The fourth-order valence-corrected chi connectivity index (χ4v) is 4.29. The predicted molar refractivity (Wildman–Crippen MR) is 112 cm³/mol. The Labute approximate surface area is 156 Å². The third-order valence-electron chi connectivity index (χ3n) is 3.94. The summed E-state index contributed by atoms with van der Waals surface area (Å²) in [6, 6.07) is 26.3. The van der Waals surface area contributed by atoms with Gasteiger partial charge in [-0.25, -0.2) is 0 Å². The molecule has 4 aromatic carbocycles. The first-order valence-corrected chi connectivity index (χ1v) is 9.25. The van der Waals surface area contributed by atoms with Gasteiger partial charge in [-0.2, -0.15) is 0 Å². The van der Waals surface area contributed by atoms with Gasteiger partial charge in [-0.1, -0.05) is 48.5 Å². The zero-order valence-corrected chi connectivity index (χ0v) is 16.0. The van der Waals surface area contributed by atoms with Crippen LogP contribution in [0.15, 0.2) is 72.8 Å². The molecule has 4 aromatic rings. The minimum absolute atomic E-state index is 1.27. The van der Waals surface area contributed by atoms with Crippen LogP contribution in [0.2, 0.25) is 0 Å². The fourth-order valence-electron chi connectivity index (χ4n) is 2.99. The topological polar surface area (TPSA) is 0 Å². The number of benzene rings is 4. The number of hydrogen-bond acceptors (Lipinski definition) is 0. The van der Waals surface area contributed by atoms with Crippen molar-refractivity contribution in [3.05, 3.63) is 79.9 Å². The second-order valence-corrected chi connectivity index (χ2v) is 7.84. The van der Waals surface area contributed by atoms with Gasteiger partial charge in [0.15, 0.2) is 0 Å². The van der Waals surface area contributed by atoms with Crippen LogP contribution < -0.4 is 0 Å². The number of fused-ring (bicyclic) bond motifs is 2. The minimum Gasteiger partial charge on any atom is -0.0616 e. The highest BCUT2D eigenvalue weighted by Crippen LogP contribution is 2.36. The van der Waals surface area contributed by atoms with E-state index in [1.54, 1.807) is 0 Å².